The molecule has 27 heavy (non-hydrogen) atoms. The molecule has 2 aliphatic rings. The van der Waals surface area contributed by atoms with E-state index in [1.807, 2.05) is 35.2 Å². The molecule has 3 heterocycles. The zero-order chi connectivity index (χ0) is 18.5. The van der Waals surface area contributed by atoms with E-state index >= 15 is 0 Å². The van der Waals surface area contributed by atoms with Crippen LogP contribution in [0.5, 0.6) is 11.5 Å². The zero-order valence-corrected chi connectivity index (χ0v) is 15.1. The Balaban J connectivity index is 1.49. The van der Waals surface area contributed by atoms with Gasteiger partial charge in [0.25, 0.3) is 0 Å². The lowest BCUT2D eigenvalue weighted by Crippen LogP contribution is -2.42. The number of amides is 1. The minimum Gasteiger partial charge on any atom is -0.454 e. The molecule has 1 aromatic heterocycles. The van der Waals surface area contributed by atoms with Gasteiger partial charge < -0.3 is 24.4 Å². The molecule has 142 valence electrons. The Morgan fingerprint density at radius 3 is 2.74 bits per heavy atom. The van der Waals surface area contributed by atoms with Gasteiger partial charge in [0.05, 0.1) is 19.1 Å². The molecule has 0 bridgehead atoms. The van der Waals surface area contributed by atoms with Crippen LogP contribution >= 0.6 is 0 Å². The highest BCUT2D eigenvalue weighted by Crippen LogP contribution is 2.33. The van der Waals surface area contributed by atoms with Gasteiger partial charge >= 0.3 is 0 Å². The lowest BCUT2D eigenvalue weighted by molar-refractivity contribution is -0.136. The van der Waals surface area contributed by atoms with Crippen LogP contribution in [0.4, 0.5) is 0 Å². The van der Waals surface area contributed by atoms with Crippen LogP contribution in [0.1, 0.15) is 17.5 Å². The van der Waals surface area contributed by atoms with Gasteiger partial charge in [0.1, 0.15) is 0 Å². The molecular formula is C20H23N3O4. The van der Waals surface area contributed by atoms with Gasteiger partial charge in [-0.3, -0.25) is 9.78 Å². The second kappa shape index (κ2) is 8.37. The van der Waals surface area contributed by atoms with Crippen molar-refractivity contribution in [3.8, 4) is 11.5 Å². The molecule has 1 unspecified atom stereocenters. The number of rotatable bonds is 6. The predicted octanol–water partition coefficient (Wildman–Crippen LogP) is 1.72. The first-order valence-corrected chi connectivity index (χ1v) is 9.15. The molecule has 2 aliphatic heterocycles. The fraction of sp³-hybridized carbons (Fsp3) is 0.400. The van der Waals surface area contributed by atoms with Gasteiger partial charge in [-0.25, -0.2) is 0 Å². The molecule has 0 radical (unpaired) electrons. The molecular weight excluding hydrogens is 346 g/mol. The Labute approximate surface area is 158 Å². The van der Waals surface area contributed by atoms with Gasteiger partial charge in [0, 0.05) is 38.6 Å². The molecule has 1 atom stereocenters. The zero-order valence-electron chi connectivity index (χ0n) is 15.1. The normalized spacial score (nSPS) is 18.3. The highest BCUT2D eigenvalue weighted by molar-refractivity contribution is 5.76. The standard InChI is InChI=1S/C20H23N3O4/c24-20(10-17-11-22-7-8-25-17)23(12-15-3-5-21-6-4-15)13-16-1-2-18-19(9-16)27-14-26-18/h1-6,9,17,22H,7-8,10-14H2. The van der Waals surface area contributed by atoms with E-state index in [4.69, 9.17) is 14.2 Å². The quantitative estimate of drug-likeness (QED) is 0.836. The maximum absolute atomic E-state index is 13.0. The van der Waals surface area contributed by atoms with Crippen LogP contribution in [0, 0.1) is 0 Å². The Morgan fingerprint density at radius 1 is 1.11 bits per heavy atom. The second-order valence-corrected chi connectivity index (χ2v) is 6.69. The largest absolute Gasteiger partial charge is 0.454 e. The van der Waals surface area contributed by atoms with E-state index in [9.17, 15) is 4.79 Å². The van der Waals surface area contributed by atoms with Gasteiger partial charge in [-0.15, -0.1) is 0 Å². The van der Waals surface area contributed by atoms with Crippen molar-refractivity contribution < 1.29 is 19.0 Å². The molecule has 2 aromatic rings. The van der Waals surface area contributed by atoms with Crippen molar-refractivity contribution in [2.45, 2.75) is 25.6 Å². The number of pyridine rings is 1. The van der Waals surface area contributed by atoms with Crippen molar-refractivity contribution in [1.29, 1.82) is 0 Å². The van der Waals surface area contributed by atoms with Gasteiger partial charge in [0.15, 0.2) is 11.5 Å². The fourth-order valence-corrected chi connectivity index (χ4v) is 3.28. The van der Waals surface area contributed by atoms with Crippen molar-refractivity contribution >= 4 is 5.91 Å². The van der Waals surface area contributed by atoms with Crippen LogP contribution in [-0.4, -0.2) is 48.4 Å². The van der Waals surface area contributed by atoms with Crippen LogP contribution in [-0.2, 0) is 22.6 Å². The summed E-state index contributed by atoms with van der Waals surface area (Å²) in [6, 6.07) is 9.66. The van der Waals surface area contributed by atoms with Crippen LogP contribution in [0.25, 0.3) is 0 Å². The lowest BCUT2D eigenvalue weighted by Gasteiger charge is -2.28. The molecule has 0 aliphatic carbocycles. The van der Waals surface area contributed by atoms with E-state index in [2.05, 4.69) is 10.3 Å². The first kappa shape index (κ1) is 17.8. The molecule has 1 amide bonds. The van der Waals surface area contributed by atoms with Crippen molar-refractivity contribution in [2.75, 3.05) is 26.5 Å². The molecule has 1 N–H and O–H groups in total. The summed E-state index contributed by atoms with van der Waals surface area (Å²) >= 11 is 0. The highest BCUT2D eigenvalue weighted by atomic mass is 16.7. The minimum atomic E-state index is -0.0806. The third-order valence-electron chi connectivity index (χ3n) is 4.69. The van der Waals surface area contributed by atoms with Crippen molar-refractivity contribution in [1.82, 2.24) is 15.2 Å². The summed E-state index contributed by atoms with van der Waals surface area (Å²) in [6.07, 6.45) is 3.77. The molecule has 1 saturated heterocycles. The van der Waals surface area contributed by atoms with Crippen LogP contribution < -0.4 is 14.8 Å². The number of morpholine rings is 1. The highest BCUT2D eigenvalue weighted by Gasteiger charge is 2.23. The predicted molar refractivity (Wildman–Crippen MR) is 98.3 cm³/mol. The van der Waals surface area contributed by atoms with E-state index in [1.54, 1.807) is 12.4 Å². The first-order valence-electron chi connectivity index (χ1n) is 9.15. The summed E-state index contributed by atoms with van der Waals surface area (Å²) in [5, 5.41) is 3.27. The molecule has 1 fully saturated rings. The summed E-state index contributed by atoms with van der Waals surface area (Å²) < 4.78 is 16.5. The number of hydrogen-bond donors (Lipinski definition) is 1. The average Bonchev–Trinajstić information content (AvgIpc) is 3.17. The third-order valence-corrected chi connectivity index (χ3v) is 4.69. The van der Waals surface area contributed by atoms with E-state index < -0.39 is 0 Å². The molecule has 1 aromatic carbocycles. The van der Waals surface area contributed by atoms with E-state index in [0.717, 1.165) is 29.2 Å². The number of fused-ring (bicyclic) bond motifs is 1. The Bertz CT molecular complexity index is 778. The van der Waals surface area contributed by atoms with Crippen LogP contribution in [0.15, 0.2) is 42.7 Å². The van der Waals surface area contributed by atoms with E-state index in [0.29, 0.717) is 32.7 Å². The average molecular weight is 369 g/mol. The van der Waals surface area contributed by atoms with Gasteiger partial charge in [-0.1, -0.05) is 6.07 Å². The molecule has 4 rings (SSSR count). The summed E-state index contributed by atoms with van der Waals surface area (Å²) in [5.41, 5.74) is 2.05. The van der Waals surface area contributed by atoms with Crippen molar-refractivity contribution in [3.05, 3.63) is 53.9 Å². The minimum absolute atomic E-state index is 0.0678. The number of carbonyl (C=O) groups excluding carboxylic acids is 1. The Morgan fingerprint density at radius 2 is 1.93 bits per heavy atom. The topological polar surface area (TPSA) is 72.9 Å². The molecule has 0 spiro atoms. The number of benzene rings is 1. The Hall–Kier alpha value is -2.64. The fourth-order valence-electron chi connectivity index (χ4n) is 3.28. The number of nitrogens with zero attached hydrogens (tertiary/aromatic N) is 2. The maximum Gasteiger partial charge on any atom is 0.231 e. The summed E-state index contributed by atoms with van der Waals surface area (Å²) in [5.74, 6) is 1.54. The van der Waals surface area contributed by atoms with Crippen molar-refractivity contribution in [3.63, 3.8) is 0 Å². The molecule has 0 saturated carbocycles. The number of nitrogens with one attached hydrogen (secondary N) is 1. The molecule has 7 heteroatoms. The number of aromatic nitrogens is 1. The summed E-state index contributed by atoms with van der Waals surface area (Å²) in [7, 11) is 0. The lowest BCUT2D eigenvalue weighted by atomic mass is 10.1. The van der Waals surface area contributed by atoms with Crippen LogP contribution in [0.3, 0.4) is 0 Å². The smallest absolute Gasteiger partial charge is 0.231 e. The van der Waals surface area contributed by atoms with E-state index in [-0.39, 0.29) is 18.8 Å². The number of carbonyl (C=O) groups is 1. The second-order valence-electron chi connectivity index (χ2n) is 6.69. The monoisotopic (exact) mass is 369 g/mol. The van der Waals surface area contributed by atoms with E-state index in [1.165, 1.54) is 0 Å². The van der Waals surface area contributed by atoms with Gasteiger partial charge in [-0.2, -0.15) is 0 Å². The number of ether oxygens (including phenoxy) is 3. The van der Waals surface area contributed by atoms with Gasteiger partial charge in [0.2, 0.25) is 12.7 Å². The number of hydrogen-bond acceptors (Lipinski definition) is 6. The SMILES string of the molecule is O=C(CC1CNCCO1)N(Cc1ccncc1)Cc1ccc2c(c1)OCO2. The third kappa shape index (κ3) is 4.56. The summed E-state index contributed by atoms with van der Waals surface area (Å²) in [4.78, 5) is 18.9. The molecule has 7 nitrogen and oxygen atoms in total. The van der Waals surface area contributed by atoms with Crippen molar-refractivity contribution in [2.24, 2.45) is 0 Å². The summed E-state index contributed by atoms with van der Waals surface area (Å²) in [6.45, 7) is 3.45. The van der Waals surface area contributed by atoms with Gasteiger partial charge in [-0.05, 0) is 35.4 Å². The van der Waals surface area contributed by atoms with Crippen LogP contribution in [0.2, 0.25) is 0 Å². The Kier molecular flexibility index (Phi) is 5.50. The first-order chi connectivity index (χ1) is 13.3. The maximum atomic E-state index is 13.0.